The number of nitrogens with zero attached hydrogens (tertiary/aromatic N) is 3. The van der Waals surface area contributed by atoms with Gasteiger partial charge in [-0.2, -0.15) is 0 Å². The van der Waals surface area contributed by atoms with Gasteiger partial charge >= 0.3 is 5.97 Å². The zero-order chi connectivity index (χ0) is 22.5. The molecule has 0 spiro atoms. The minimum atomic E-state index is -0.741. The molecule has 1 aromatic heterocycles. The van der Waals surface area contributed by atoms with E-state index in [9.17, 15) is 4.79 Å². The van der Waals surface area contributed by atoms with Gasteiger partial charge in [-0.15, -0.1) is 0 Å². The second-order valence-electron chi connectivity index (χ2n) is 8.59. The van der Waals surface area contributed by atoms with Crippen molar-refractivity contribution in [3.63, 3.8) is 0 Å². The van der Waals surface area contributed by atoms with Gasteiger partial charge in [0.05, 0.1) is 5.69 Å². The molecule has 2 heterocycles. The zero-order valence-corrected chi connectivity index (χ0v) is 18.6. The van der Waals surface area contributed by atoms with Crippen LogP contribution in [-0.4, -0.2) is 39.0 Å². The second-order valence-corrected chi connectivity index (χ2v) is 8.59. The summed E-state index contributed by atoms with van der Waals surface area (Å²) in [5.41, 5.74) is 5.58. The minimum absolute atomic E-state index is 0.126. The Morgan fingerprint density at radius 1 is 1.19 bits per heavy atom. The standard InChI is InChI=1S/C26H29N3O3/c1-18(13-25(30)31)15-29-12-11-24-22(16-29)14-27-26(28-24)20-7-9-23(10-8-20)32-17-21-6-4-3-5-19(21)2/h3-10,14,18H,11-13,15-17H2,1-2H3,(H,30,31). The van der Waals surface area contributed by atoms with Crippen LogP contribution in [0.15, 0.2) is 54.7 Å². The lowest BCUT2D eigenvalue weighted by atomic mass is 10.0. The van der Waals surface area contributed by atoms with Crippen LogP contribution in [-0.2, 0) is 24.4 Å². The van der Waals surface area contributed by atoms with E-state index in [2.05, 4.69) is 28.9 Å². The van der Waals surface area contributed by atoms with E-state index in [0.717, 1.165) is 54.4 Å². The molecule has 0 fully saturated rings. The molecular formula is C26H29N3O3. The number of aliphatic carboxylic acids is 1. The van der Waals surface area contributed by atoms with Gasteiger partial charge in [-0.05, 0) is 48.2 Å². The van der Waals surface area contributed by atoms with Crippen molar-refractivity contribution in [3.8, 4) is 17.1 Å². The van der Waals surface area contributed by atoms with Crippen LogP contribution in [0.25, 0.3) is 11.4 Å². The smallest absolute Gasteiger partial charge is 0.303 e. The van der Waals surface area contributed by atoms with Crippen LogP contribution in [0.2, 0.25) is 0 Å². The highest BCUT2D eigenvalue weighted by atomic mass is 16.5. The predicted octanol–water partition coefficient (Wildman–Crippen LogP) is 4.50. The van der Waals surface area contributed by atoms with Gasteiger partial charge in [0.25, 0.3) is 0 Å². The van der Waals surface area contributed by atoms with Gasteiger partial charge in [-0.1, -0.05) is 31.2 Å². The van der Waals surface area contributed by atoms with Crippen molar-refractivity contribution in [2.45, 2.75) is 39.8 Å². The van der Waals surface area contributed by atoms with Gasteiger partial charge in [0, 0.05) is 49.8 Å². The number of hydrogen-bond acceptors (Lipinski definition) is 5. The molecule has 2 aromatic carbocycles. The number of carboxylic acids is 1. The Bertz CT molecular complexity index is 1080. The molecular weight excluding hydrogens is 402 g/mol. The van der Waals surface area contributed by atoms with Gasteiger partial charge in [-0.25, -0.2) is 9.97 Å². The van der Waals surface area contributed by atoms with Crippen molar-refractivity contribution in [1.29, 1.82) is 0 Å². The summed E-state index contributed by atoms with van der Waals surface area (Å²) in [6.07, 6.45) is 2.96. The summed E-state index contributed by atoms with van der Waals surface area (Å²) in [5, 5.41) is 8.97. The fourth-order valence-electron chi connectivity index (χ4n) is 4.11. The SMILES string of the molecule is Cc1ccccc1COc1ccc(-c2ncc3c(n2)CCN(CC(C)CC(=O)O)C3)cc1. The first-order valence-corrected chi connectivity index (χ1v) is 11.0. The van der Waals surface area contributed by atoms with E-state index in [1.807, 2.05) is 49.5 Å². The number of carbonyl (C=O) groups is 1. The quantitative estimate of drug-likeness (QED) is 0.566. The normalized spacial score (nSPS) is 14.6. The van der Waals surface area contributed by atoms with Gasteiger partial charge in [0.1, 0.15) is 12.4 Å². The van der Waals surface area contributed by atoms with E-state index in [0.29, 0.717) is 6.61 Å². The Morgan fingerprint density at radius 3 is 2.72 bits per heavy atom. The third-order valence-corrected chi connectivity index (χ3v) is 5.87. The fourth-order valence-corrected chi connectivity index (χ4v) is 4.11. The number of ether oxygens (including phenoxy) is 1. The minimum Gasteiger partial charge on any atom is -0.489 e. The molecule has 0 aliphatic carbocycles. The van der Waals surface area contributed by atoms with Crippen molar-refractivity contribution in [3.05, 3.63) is 77.1 Å². The summed E-state index contributed by atoms with van der Waals surface area (Å²) in [7, 11) is 0. The first-order valence-electron chi connectivity index (χ1n) is 11.0. The molecule has 0 amide bonds. The monoisotopic (exact) mass is 431 g/mol. The highest BCUT2D eigenvalue weighted by Crippen LogP contribution is 2.24. The van der Waals surface area contributed by atoms with Crippen LogP contribution in [0.4, 0.5) is 0 Å². The summed E-state index contributed by atoms with van der Waals surface area (Å²) in [6, 6.07) is 16.1. The lowest BCUT2D eigenvalue weighted by Gasteiger charge is -2.29. The van der Waals surface area contributed by atoms with Gasteiger partial charge in [0.2, 0.25) is 0 Å². The van der Waals surface area contributed by atoms with Crippen LogP contribution in [0, 0.1) is 12.8 Å². The number of fused-ring (bicyclic) bond motifs is 1. The second kappa shape index (κ2) is 9.92. The largest absolute Gasteiger partial charge is 0.489 e. The van der Waals surface area contributed by atoms with Crippen molar-refractivity contribution < 1.29 is 14.6 Å². The number of carboxylic acid groups (broad SMARTS) is 1. The number of aromatic nitrogens is 2. The van der Waals surface area contributed by atoms with Gasteiger partial charge < -0.3 is 9.84 Å². The molecule has 1 unspecified atom stereocenters. The van der Waals surface area contributed by atoms with Crippen LogP contribution < -0.4 is 4.74 Å². The zero-order valence-electron chi connectivity index (χ0n) is 18.6. The highest BCUT2D eigenvalue weighted by Gasteiger charge is 2.21. The lowest BCUT2D eigenvalue weighted by Crippen LogP contribution is -2.35. The van der Waals surface area contributed by atoms with Crippen molar-refractivity contribution in [1.82, 2.24) is 14.9 Å². The maximum absolute atomic E-state index is 10.9. The molecule has 1 atom stereocenters. The Kier molecular flexibility index (Phi) is 6.81. The third kappa shape index (κ3) is 5.51. The van der Waals surface area contributed by atoms with E-state index < -0.39 is 5.97 Å². The fraction of sp³-hybridized carbons (Fsp3) is 0.346. The van der Waals surface area contributed by atoms with Crippen molar-refractivity contribution in [2.75, 3.05) is 13.1 Å². The summed E-state index contributed by atoms with van der Waals surface area (Å²) < 4.78 is 5.94. The maximum Gasteiger partial charge on any atom is 0.303 e. The van der Waals surface area contributed by atoms with Gasteiger partial charge in [-0.3, -0.25) is 9.69 Å². The molecule has 1 aliphatic heterocycles. The van der Waals surface area contributed by atoms with Gasteiger partial charge in [0.15, 0.2) is 5.82 Å². The van der Waals surface area contributed by atoms with E-state index in [-0.39, 0.29) is 12.3 Å². The van der Waals surface area contributed by atoms with Crippen LogP contribution in [0.5, 0.6) is 5.75 Å². The molecule has 0 saturated heterocycles. The van der Waals surface area contributed by atoms with E-state index in [1.165, 1.54) is 11.1 Å². The molecule has 0 saturated carbocycles. The van der Waals surface area contributed by atoms with E-state index >= 15 is 0 Å². The first-order chi connectivity index (χ1) is 15.5. The molecule has 1 aliphatic rings. The lowest BCUT2D eigenvalue weighted by molar-refractivity contribution is -0.138. The first kappa shape index (κ1) is 22.0. The summed E-state index contributed by atoms with van der Waals surface area (Å²) >= 11 is 0. The summed E-state index contributed by atoms with van der Waals surface area (Å²) in [4.78, 5) is 22.6. The number of benzene rings is 2. The molecule has 6 nitrogen and oxygen atoms in total. The average Bonchev–Trinajstić information content (AvgIpc) is 2.78. The molecule has 4 rings (SSSR count). The molecule has 32 heavy (non-hydrogen) atoms. The maximum atomic E-state index is 10.9. The topological polar surface area (TPSA) is 75.6 Å². The molecule has 6 heteroatoms. The van der Waals surface area contributed by atoms with Crippen LogP contribution in [0.3, 0.4) is 0 Å². The summed E-state index contributed by atoms with van der Waals surface area (Å²) in [6.45, 7) is 7.05. The third-order valence-electron chi connectivity index (χ3n) is 5.87. The Balaban J connectivity index is 1.38. The van der Waals surface area contributed by atoms with E-state index in [1.54, 1.807) is 0 Å². The molecule has 166 valence electrons. The Hall–Kier alpha value is -3.25. The average molecular weight is 432 g/mol. The number of hydrogen-bond donors (Lipinski definition) is 1. The summed E-state index contributed by atoms with van der Waals surface area (Å²) in [5.74, 6) is 0.929. The number of rotatable bonds is 8. The Labute approximate surface area is 188 Å². The Morgan fingerprint density at radius 2 is 1.97 bits per heavy atom. The van der Waals surface area contributed by atoms with Crippen molar-refractivity contribution >= 4 is 5.97 Å². The van der Waals surface area contributed by atoms with E-state index in [4.69, 9.17) is 14.8 Å². The molecule has 0 bridgehead atoms. The highest BCUT2D eigenvalue weighted by molar-refractivity contribution is 5.67. The van der Waals surface area contributed by atoms with Crippen LogP contribution >= 0.6 is 0 Å². The molecule has 3 aromatic rings. The number of aryl methyl sites for hydroxylation is 1. The van der Waals surface area contributed by atoms with Crippen molar-refractivity contribution in [2.24, 2.45) is 5.92 Å². The predicted molar refractivity (Wildman–Crippen MR) is 123 cm³/mol. The molecule has 1 N–H and O–H groups in total. The molecule has 0 radical (unpaired) electrons. The van der Waals surface area contributed by atoms with Crippen LogP contribution in [0.1, 0.15) is 35.7 Å².